The van der Waals surface area contributed by atoms with Gasteiger partial charge in [0.2, 0.25) is 5.91 Å². The number of nitrogens with one attached hydrogen (secondary N) is 1. The number of aromatic nitrogens is 2. The molecule has 1 aliphatic heterocycles. The van der Waals surface area contributed by atoms with Gasteiger partial charge < -0.3 is 15.0 Å². The molecule has 2 heterocycles. The summed E-state index contributed by atoms with van der Waals surface area (Å²) in [6.45, 7) is 6.49. The molecule has 1 amide bonds. The van der Waals surface area contributed by atoms with Gasteiger partial charge in [-0.25, -0.2) is 4.98 Å². The van der Waals surface area contributed by atoms with Crippen molar-refractivity contribution in [3.8, 4) is 0 Å². The number of β-amino-alcohol motifs (C(OH)–C–C–N with tert-alkyl or cyclic N) is 1. The molecule has 0 bridgehead atoms. The van der Waals surface area contributed by atoms with Gasteiger partial charge in [0, 0.05) is 32.4 Å². The lowest BCUT2D eigenvalue weighted by atomic mass is 9.89. The summed E-state index contributed by atoms with van der Waals surface area (Å²) in [6, 6.07) is 0.372. The average molecular weight is 294 g/mol. The van der Waals surface area contributed by atoms with E-state index in [2.05, 4.69) is 33.6 Å². The minimum Gasteiger partial charge on any atom is -0.388 e. The Hall–Kier alpha value is -1.40. The van der Waals surface area contributed by atoms with Crippen LogP contribution in [0.3, 0.4) is 0 Å². The van der Waals surface area contributed by atoms with Gasteiger partial charge >= 0.3 is 0 Å². The molecule has 2 rings (SSSR count). The zero-order valence-corrected chi connectivity index (χ0v) is 13.2. The Bertz CT molecular complexity index is 486. The van der Waals surface area contributed by atoms with Crippen molar-refractivity contribution in [2.75, 3.05) is 20.1 Å². The van der Waals surface area contributed by atoms with Crippen LogP contribution in [0.5, 0.6) is 0 Å². The van der Waals surface area contributed by atoms with Crippen LogP contribution in [0, 0.1) is 0 Å². The van der Waals surface area contributed by atoms with Crippen LogP contribution in [-0.2, 0) is 11.3 Å². The highest BCUT2D eigenvalue weighted by Gasteiger charge is 2.35. The van der Waals surface area contributed by atoms with Crippen molar-refractivity contribution in [1.29, 1.82) is 0 Å². The Kier molecular flexibility index (Phi) is 5.00. The van der Waals surface area contributed by atoms with E-state index in [1.807, 2.05) is 12.5 Å². The van der Waals surface area contributed by atoms with Crippen LogP contribution in [0.1, 0.15) is 44.8 Å². The summed E-state index contributed by atoms with van der Waals surface area (Å²) < 4.78 is 2.15. The number of aliphatic hydroxyl groups is 1. The minimum absolute atomic E-state index is 0.105. The number of nitrogens with zero attached hydrogens (tertiary/aromatic N) is 3. The molecule has 0 aliphatic carbocycles. The molecule has 0 aromatic carbocycles. The van der Waals surface area contributed by atoms with Gasteiger partial charge in [0.1, 0.15) is 0 Å². The van der Waals surface area contributed by atoms with Crippen LogP contribution >= 0.6 is 0 Å². The molecule has 2 N–H and O–H groups in total. The van der Waals surface area contributed by atoms with E-state index in [1.165, 1.54) is 0 Å². The maximum absolute atomic E-state index is 11.5. The third-order valence-corrected chi connectivity index (χ3v) is 4.09. The first-order valence-electron chi connectivity index (χ1n) is 7.59. The first-order chi connectivity index (χ1) is 9.93. The number of hydrogen-bond acceptors (Lipinski definition) is 4. The molecule has 0 radical (unpaired) electrons. The van der Waals surface area contributed by atoms with Gasteiger partial charge in [0.25, 0.3) is 0 Å². The smallest absolute Gasteiger partial charge is 0.222 e. The van der Waals surface area contributed by atoms with Crippen molar-refractivity contribution >= 4 is 5.91 Å². The minimum atomic E-state index is -0.916. The molecule has 1 unspecified atom stereocenters. The van der Waals surface area contributed by atoms with E-state index in [4.69, 9.17) is 0 Å². The normalized spacial score (nSPS) is 23.5. The van der Waals surface area contributed by atoms with E-state index in [0.29, 0.717) is 19.0 Å². The lowest BCUT2D eigenvalue weighted by Crippen LogP contribution is -2.50. The zero-order chi connectivity index (χ0) is 15.5. The zero-order valence-electron chi connectivity index (χ0n) is 13.2. The molecular formula is C15H26N4O2. The number of rotatable bonds is 5. The summed E-state index contributed by atoms with van der Waals surface area (Å²) in [5, 5.41) is 13.2. The van der Waals surface area contributed by atoms with Crippen molar-refractivity contribution in [2.24, 2.45) is 0 Å². The van der Waals surface area contributed by atoms with Crippen LogP contribution in [0.25, 0.3) is 0 Å². The molecule has 0 saturated carbocycles. The Morgan fingerprint density at radius 1 is 1.57 bits per heavy atom. The second-order valence-electron chi connectivity index (χ2n) is 6.27. The number of piperidine rings is 1. The maximum atomic E-state index is 11.5. The van der Waals surface area contributed by atoms with Gasteiger partial charge in [0.05, 0.1) is 24.0 Å². The van der Waals surface area contributed by atoms with Gasteiger partial charge in [-0.1, -0.05) is 0 Å². The van der Waals surface area contributed by atoms with E-state index in [0.717, 1.165) is 25.2 Å². The van der Waals surface area contributed by atoms with Crippen molar-refractivity contribution < 1.29 is 9.90 Å². The van der Waals surface area contributed by atoms with Crippen molar-refractivity contribution in [3.05, 3.63) is 18.2 Å². The molecule has 6 nitrogen and oxygen atoms in total. The van der Waals surface area contributed by atoms with Gasteiger partial charge in [-0.15, -0.1) is 0 Å². The first-order valence-corrected chi connectivity index (χ1v) is 7.59. The van der Waals surface area contributed by atoms with Crippen molar-refractivity contribution in [3.63, 3.8) is 0 Å². The number of hydrogen-bond donors (Lipinski definition) is 2. The van der Waals surface area contributed by atoms with Gasteiger partial charge in [-0.05, 0) is 33.2 Å². The van der Waals surface area contributed by atoms with E-state index >= 15 is 0 Å². The van der Waals surface area contributed by atoms with E-state index in [1.54, 1.807) is 7.05 Å². The lowest BCUT2D eigenvalue weighted by molar-refractivity contribution is -0.128. The monoisotopic (exact) mass is 294 g/mol. The van der Waals surface area contributed by atoms with Crippen LogP contribution in [0.15, 0.2) is 12.5 Å². The molecule has 1 aromatic rings. The van der Waals surface area contributed by atoms with Gasteiger partial charge in [0.15, 0.2) is 0 Å². The molecule has 1 fully saturated rings. The lowest BCUT2D eigenvalue weighted by Gasteiger charge is -2.39. The number of carbonyl (C=O) groups excluding carboxylic acids is 1. The third kappa shape index (κ3) is 4.04. The summed E-state index contributed by atoms with van der Waals surface area (Å²) in [7, 11) is 1.60. The van der Waals surface area contributed by atoms with Crippen LogP contribution in [0.4, 0.5) is 0 Å². The van der Waals surface area contributed by atoms with E-state index in [-0.39, 0.29) is 12.3 Å². The summed E-state index contributed by atoms with van der Waals surface area (Å²) in [6.07, 6.45) is 5.49. The Morgan fingerprint density at radius 3 is 3.00 bits per heavy atom. The molecule has 1 aromatic heterocycles. The van der Waals surface area contributed by atoms with Crippen LogP contribution in [0.2, 0.25) is 0 Å². The standard InChI is InChI=1S/C15H26N4O2/c1-12(2)19-11-17-8-13(19)9-18-6-4-5-15(21,10-18)7-14(20)16-3/h8,11-12,21H,4-7,9-10H2,1-3H3,(H,16,20). The maximum Gasteiger partial charge on any atom is 0.222 e. The first kappa shape index (κ1) is 16.0. The number of carbonyl (C=O) groups is 1. The quantitative estimate of drug-likeness (QED) is 0.847. The molecular weight excluding hydrogens is 268 g/mol. The largest absolute Gasteiger partial charge is 0.388 e. The fraction of sp³-hybridized carbons (Fsp3) is 0.733. The highest BCUT2D eigenvalue weighted by Crippen LogP contribution is 2.26. The summed E-state index contributed by atoms with van der Waals surface area (Å²) in [5.74, 6) is -0.105. The number of likely N-dealkylation sites (tertiary alicyclic amines) is 1. The van der Waals surface area contributed by atoms with Crippen LogP contribution < -0.4 is 5.32 Å². The summed E-state index contributed by atoms with van der Waals surface area (Å²) >= 11 is 0. The summed E-state index contributed by atoms with van der Waals surface area (Å²) in [5.41, 5.74) is 0.232. The second-order valence-corrected chi connectivity index (χ2v) is 6.27. The van der Waals surface area contributed by atoms with Crippen molar-refractivity contribution in [1.82, 2.24) is 19.8 Å². The highest BCUT2D eigenvalue weighted by molar-refractivity contribution is 5.76. The highest BCUT2D eigenvalue weighted by atomic mass is 16.3. The molecule has 6 heteroatoms. The molecule has 1 saturated heterocycles. The molecule has 1 aliphatic rings. The fourth-order valence-electron chi connectivity index (χ4n) is 3.02. The predicted octanol–water partition coefficient (Wildman–Crippen LogP) is 0.927. The van der Waals surface area contributed by atoms with Gasteiger partial charge in [-0.2, -0.15) is 0 Å². The molecule has 0 spiro atoms. The summed E-state index contributed by atoms with van der Waals surface area (Å²) in [4.78, 5) is 18.0. The van der Waals surface area contributed by atoms with E-state index < -0.39 is 5.60 Å². The fourth-order valence-corrected chi connectivity index (χ4v) is 3.02. The molecule has 1 atom stereocenters. The van der Waals surface area contributed by atoms with Gasteiger partial charge in [-0.3, -0.25) is 9.69 Å². The van der Waals surface area contributed by atoms with E-state index in [9.17, 15) is 9.90 Å². The Balaban J connectivity index is 2.01. The molecule has 21 heavy (non-hydrogen) atoms. The van der Waals surface area contributed by atoms with Crippen LogP contribution in [-0.4, -0.2) is 51.2 Å². The Labute approximate surface area is 126 Å². The SMILES string of the molecule is CNC(=O)CC1(O)CCCN(Cc2cncn2C(C)C)C1. The van der Waals surface area contributed by atoms with Crippen molar-refractivity contribution in [2.45, 2.75) is 51.3 Å². The predicted molar refractivity (Wildman–Crippen MR) is 80.8 cm³/mol. The molecule has 118 valence electrons. The number of amides is 1. The number of imidazole rings is 1. The second kappa shape index (κ2) is 6.58. The average Bonchev–Trinajstić information content (AvgIpc) is 2.86. The topological polar surface area (TPSA) is 70.4 Å². The Morgan fingerprint density at radius 2 is 2.33 bits per heavy atom. The third-order valence-electron chi connectivity index (χ3n) is 4.09.